The van der Waals surface area contributed by atoms with Gasteiger partial charge in [0.1, 0.15) is 0 Å². The number of benzene rings is 1. The Balaban J connectivity index is 1.45. The van der Waals surface area contributed by atoms with Crippen LogP contribution in [0.4, 0.5) is 5.69 Å². The van der Waals surface area contributed by atoms with Crippen molar-refractivity contribution in [2.75, 3.05) is 5.32 Å². The van der Waals surface area contributed by atoms with Gasteiger partial charge in [0.2, 0.25) is 5.91 Å². The molecule has 2 aliphatic heterocycles. The van der Waals surface area contributed by atoms with E-state index in [0.29, 0.717) is 24.4 Å². The van der Waals surface area contributed by atoms with Gasteiger partial charge in [0.25, 0.3) is 0 Å². The lowest BCUT2D eigenvalue weighted by atomic mass is 9.89. The molecule has 3 heterocycles. The number of rotatable bonds is 4. The van der Waals surface area contributed by atoms with Crippen LogP contribution in [0.1, 0.15) is 43.5 Å². The summed E-state index contributed by atoms with van der Waals surface area (Å²) in [6.45, 7) is 3.96. The Morgan fingerprint density at radius 2 is 1.88 bits per heavy atom. The quantitative estimate of drug-likeness (QED) is 0.899. The van der Waals surface area contributed by atoms with Gasteiger partial charge in [-0.05, 0) is 57.6 Å². The third kappa shape index (κ3) is 3.33. The summed E-state index contributed by atoms with van der Waals surface area (Å²) in [5.74, 6) is 0.619. The Morgan fingerprint density at radius 1 is 1.20 bits per heavy atom. The van der Waals surface area contributed by atoms with Crippen LogP contribution in [0.2, 0.25) is 0 Å². The number of aromatic nitrogens is 2. The first-order chi connectivity index (χ1) is 12.1. The number of piperidine rings is 1. The number of hydrogen-bond donors (Lipinski definition) is 2. The Bertz CT molecular complexity index is 756. The van der Waals surface area contributed by atoms with Gasteiger partial charge in [-0.1, -0.05) is 18.2 Å². The summed E-state index contributed by atoms with van der Waals surface area (Å²) in [4.78, 5) is 12.6. The third-order valence-electron chi connectivity index (χ3n) is 5.60. The zero-order chi connectivity index (χ0) is 17.4. The van der Waals surface area contributed by atoms with Gasteiger partial charge in [0.15, 0.2) is 0 Å². The minimum atomic E-state index is 0.116. The smallest absolute Gasteiger partial charge is 0.224 e. The van der Waals surface area contributed by atoms with Crippen LogP contribution in [-0.4, -0.2) is 27.8 Å². The molecule has 1 aromatic heterocycles. The van der Waals surface area contributed by atoms with Crippen LogP contribution >= 0.6 is 0 Å². The first-order valence-electron chi connectivity index (χ1n) is 9.27. The number of fused-ring (bicyclic) bond motifs is 2. The van der Waals surface area contributed by atoms with Crippen LogP contribution in [-0.2, 0) is 4.79 Å². The van der Waals surface area contributed by atoms with Crippen molar-refractivity contribution < 1.29 is 4.79 Å². The zero-order valence-corrected chi connectivity index (χ0v) is 15.0. The Labute approximate surface area is 148 Å². The summed E-state index contributed by atoms with van der Waals surface area (Å²) in [6.07, 6.45) is 5.41. The second-order valence-electron chi connectivity index (χ2n) is 7.52. The van der Waals surface area contributed by atoms with E-state index in [-0.39, 0.29) is 5.91 Å². The van der Waals surface area contributed by atoms with Crippen LogP contribution in [0.15, 0.2) is 30.3 Å². The van der Waals surface area contributed by atoms with Gasteiger partial charge in [-0.3, -0.25) is 4.79 Å². The number of para-hydroxylation sites is 1. The maximum absolute atomic E-state index is 12.6. The van der Waals surface area contributed by atoms with E-state index in [1.165, 1.54) is 12.8 Å². The van der Waals surface area contributed by atoms with Crippen LogP contribution in [0.3, 0.4) is 0 Å². The zero-order valence-electron chi connectivity index (χ0n) is 15.0. The molecule has 132 valence electrons. The van der Waals surface area contributed by atoms with E-state index in [0.717, 1.165) is 35.6 Å². The first-order valence-corrected chi connectivity index (χ1v) is 9.27. The van der Waals surface area contributed by atoms with Gasteiger partial charge < -0.3 is 10.6 Å². The molecule has 2 atom stereocenters. The second-order valence-corrected chi connectivity index (χ2v) is 7.52. The van der Waals surface area contributed by atoms with Crippen molar-refractivity contribution in [3.05, 3.63) is 41.7 Å². The molecule has 0 spiro atoms. The lowest BCUT2D eigenvalue weighted by Crippen LogP contribution is -2.39. The number of aryl methyl sites for hydroxylation is 1. The summed E-state index contributed by atoms with van der Waals surface area (Å²) < 4.78 is 1.90. The summed E-state index contributed by atoms with van der Waals surface area (Å²) >= 11 is 0. The second kappa shape index (κ2) is 6.64. The van der Waals surface area contributed by atoms with Crippen LogP contribution < -0.4 is 10.6 Å². The largest absolute Gasteiger partial charge is 0.323 e. The van der Waals surface area contributed by atoms with Crippen molar-refractivity contribution in [2.45, 2.75) is 58.0 Å². The monoisotopic (exact) mass is 338 g/mol. The molecule has 1 amide bonds. The first kappa shape index (κ1) is 16.3. The standard InChI is InChI=1S/C20H26N4O/c1-13-20(14(2)24(23-13)18-6-4-3-5-7-18)22-19(25)12-15-10-16-8-9-17(11-15)21-16/h3-7,15-17,21H,8-12H2,1-2H3,(H,22,25). The highest BCUT2D eigenvalue weighted by Gasteiger charge is 2.34. The molecule has 25 heavy (non-hydrogen) atoms. The molecule has 4 rings (SSSR count). The number of amides is 1. The molecule has 0 saturated carbocycles. The lowest BCUT2D eigenvalue weighted by molar-refractivity contribution is -0.117. The molecule has 2 bridgehead atoms. The fraction of sp³-hybridized carbons (Fsp3) is 0.500. The number of nitrogens with one attached hydrogen (secondary N) is 2. The lowest BCUT2D eigenvalue weighted by Gasteiger charge is -2.28. The van der Waals surface area contributed by atoms with Crippen LogP contribution in [0.25, 0.3) is 5.69 Å². The maximum Gasteiger partial charge on any atom is 0.224 e. The maximum atomic E-state index is 12.6. The van der Waals surface area contributed by atoms with Gasteiger partial charge in [0.05, 0.1) is 22.8 Å². The molecule has 2 N–H and O–H groups in total. The van der Waals surface area contributed by atoms with E-state index in [2.05, 4.69) is 15.7 Å². The van der Waals surface area contributed by atoms with Gasteiger partial charge in [-0.15, -0.1) is 0 Å². The van der Waals surface area contributed by atoms with Crippen molar-refractivity contribution in [1.29, 1.82) is 0 Å². The molecule has 0 radical (unpaired) electrons. The number of carbonyl (C=O) groups is 1. The van der Waals surface area contributed by atoms with Crippen LogP contribution in [0, 0.1) is 19.8 Å². The van der Waals surface area contributed by atoms with Gasteiger partial charge in [-0.25, -0.2) is 4.68 Å². The van der Waals surface area contributed by atoms with Crippen molar-refractivity contribution in [1.82, 2.24) is 15.1 Å². The summed E-state index contributed by atoms with van der Waals surface area (Å²) in [5.41, 5.74) is 3.70. The molecule has 2 unspecified atom stereocenters. The number of hydrogen-bond acceptors (Lipinski definition) is 3. The summed E-state index contributed by atoms with van der Waals surface area (Å²) in [7, 11) is 0. The Hall–Kier alpha value is -2.14. The van der Waals surface area contributed by atoms with Crippen LogP contribution in [0.5, 0.6) is 0 Å². The predicted octanol–water partition coefficient (Wildman–Crippen LogP) is 3.35. The SMILES string of the molecule is Cc1nn(-c2ccccc2)c(C)c1NC(=O)CC1CC2CCC(C1)N2. The van der Waals surface area contributed by atoms with E-state index in [4.69, 9.17) is 0 Å². The topological polar surface area (TPSA) is 59.0 Å². The van der Waals surface area contributed by atoms with E-state index < -0.39 is 0 Å². The average Bonchev–Trinajstić information content (AvgIpc) is 3.09. The number of carbonyl (C=O) groups excluding carboxylic acids is 1. The molecule has 2 aromatic rings. The molecule has 5 heteroatoms. The molecule has 2 fully saturated rings. The Kier molecular flexibility index (Phi) is 4.34. The average molecular weight is 338 g/mol. The summed E-state index contributed by atoms with van der Waals surface area (Å²) in [6, 6.07) is 11.3. The highest BCUT2D eigenvalue weighted by Crippen LogP contribution is 2.33. The van der Waals surface area contributed by atoms with Gasteiger partial charge >= 0.3 is 0 Å². The summed E-state index contributed by atoms with van der Waals surface area (Å²) in [5, 5.41) is 11.4. The molecular formula is C20H26N4O. The highest BCUT2D eigenvalue weighted by atomic mass is 16.1. The third-order valence-corrected chi connectivity index (χ3v) is 5.60. The minimum Gasteiger partial charge on any atom is -0.323 e. The van der Waals surface area contributed by atoms with Crippen molar-refractivity contribution >= 4 is 11.6 Å². The van der Waals surface area contributed by atoms with Gasteiger partial charge in [0, 0.05) is 18.5 Å². The van der Waals surface area contributed by atoms with Gasteiger partial charge in [-0.2, -0.15) is 5.10 Å². The molecule has 0 aliphatic carbocycles. The number of nitrogens with zero attached hydrogens (tertiary/aromatic N) is 2. The molecule has 2 saturated heterocycles. The fourth-order valence-electron chi connectivity index (χ4n) is 4.44. The van der Waals surface area contributed by atoms with E-state index in [1.54, 1.807) is 0 Å². The van der Waals surface area contributed by atoms with Crippen molar-refractivity contribution in [3.63, 3.8) is 0 Å². The van der Waals surface area contributed by atoms with E-state index in [1.807, 2.05) is 48.9 Å². The predicted molar refractivity (Wildman–Crippen MR) is 99.0 cm³/mol. The number of anilines is 1. The normalized spacial score (nSPS) is 25.1. The van der Waals surface area contributed by atoms with Crippen molar-refractivity contribution in [3.8, 4) is 5.69 Å². The Morgan fingerprint density at radius 3 is 2.56 bits per heavy atom. The molecule has 2 aliphatic rings. The van der Waals surface area contributed by atoms with E-state index in [9.17, 15) is 4.79 Å². The minimum absolute atomic E-state index is 0.116. The van der Waals surface area contributed by atoms with E-state index >= 15 is 0 Å². The molecule has 5 nitrogen and oxygen atoms in total. The molecular weight excluding hydrogens is 312 g/mol. The fourth-order valence-corrected chi connectivity index (χ4v) is 4.44. The highest BCUT2D eigenvalue weighted by molar-refractivity contribution is 5.92. The molecule has 1 aromatic carbocycles. The van der Waals surface area contributed by atoms with Crippen molar-refractivity contribution in [2.24, 2.45) is 5.92 Å².